The minimum absolute atomic E-state index is 0.0161. The summed E-state index contributed by atoms with van der Waals surface area (Å²) in [6.45, 7) is 1.93. The topological polar surface area (TPSA) is 80.5 Å². The lowest BCUT2D eigenvalue weighted by molar-refractivity contribution is 0.0742. The van der Waals surface area contributed by atoms with Crippen molar-refractivity contribution in [2.75, 3.05) is 7.05 Å². The Kier molecular flexibility index (Phi) is 4.99. The molecule has 1 aliphatic carbocycles. The molecule has 1 atom stereocenters. The van der Waals surface area contributed by atoms with Gasteiger partial charge in [0.2, 0.25) is 10.0 Å². The number of nitrogens with two attached hydrogens (primary N) is 1. The number of carbonyl (C=O) groups excluding carboxylic acids is 1. The van der Waals surface area contributed by atoms with E-state index >= 15 is 0 Å². The molecule has 1 aromatic carbocycles. The first kappa shape index (κ1) is 18.1. The third-order valence-electron chi connectivity index (χ3n) is 4.88. The molecule has 0 radical (unpaired) electrons. The minimum atomic E-state index is -3.71. The number of sulfonamides is 1. The molecule has 5 nitrogen and oxygen atoms in total. The minimum Gasteiger partial charge on any atom is -0.335 e. The SMILES string of the molecule is C[C@@H](c1ccc(S(N)(=O)=O)cc1)N(C)C(=O)c1csc2c1CCCC2. The number of aryl methyl sites for hydroxylation is 1. The molecule has 1 heterocycles. The van der Waals surface area contributed by atoms with Crippen LogP contribution in [0.3, 0.4) is 0 Å². The molecule has 0 saturated heterocycles. The van der Waals surface area contributed by atoms with Crippen LogP contribution in [-0.4, -0.2) is 26.3 Å². The molecular weight excluding hydrogens is 356 g/mol. The van der Waals surface area contributed by atoms with Crippen LogP contribution in [0.2, 0.25) is 0 Å². The third kappa shape index (κ3) is 3.63. The van der Waals surface area contributed by atoms with E-state index in [1.54, 1.807) is 35.4 Å². The maximum absolute atomic E-state index is 12.9. The standard InChI is InChI=1S/C18H22N2O3S2/c1-12(13-7-9-14(10-8-13)25(19,22)23)20(2)18(21)16-11-24-17-6-4-3-5-15(16)17/h7-12H,3-6H2,1-2H3,(H2,19,22,23)/t12-/m0/s1. The fourth-order valence-electron chi connectivity index (χ4n) is 3.20. The highest BCUT2D eigenvalue weighted by molar-refractivity contribution is 7.89. The van der Waals surface area contributed by atoms with Crippen LogP contribution in [0.1, 0.15) is 52.2 Å². The molecule has 7 heteroatoms. The number of nitrogens with zero attached hydrogens (tertiary/aromatic N) is 1. The normalized spacial score (nSPS) is 15.5. The van der Waals surface area contributed by atoms with Crippen LogP contribution < -0.4 is 5.14 Å². The fraction of sp³-hybridized carbons (Fsp3) is 0.389. The van der Waals surface area contributed by atoms with Crippen LogP contribution >= 0.6 is 11.3 Å². The molecule has 0 fully saturated rings. The van der Waals surface area contributed by atoms with Crippen LogP contribution in [-0.2, 0) is 22.9 Å². The second kappa shape index (κ2) is 6.90. The Morgan fingerprint density at radius 1 is 1.20 bits per heavy atom. The van der Waals surface area contributed by atoms with Gasteiger partial charge >= 0.3 is 0 Å². The average molecular weight is 379 g/mol. The van der Waals surface area contributed by atoms with Gasteiger partial charge in [-0.15, -0.1) is 11.3 Å². The van der Waals surface area contributed by atoms with Crippen molar-refractivity contribution in [2.45, 2.75) is 43.5 Å². The second-order valence-electron chi connectivity index (χ2n) is 6.46. The maximum atomic E-state index is 12.9. The summed E-state index contributed by atoms with van der Waals surface area (Å²) in [5.74, 6) is 0.0161. The van der Waals surface area contributed by atoms with E-state index in [0.29, 0.717) is 0 Å². The van der Waals surface area contributed by atoms with Gasteiger partial charge in [-0.05, 0) is 55.9 Å². The zero-order chi connectivity index (χ0) is 18.2. The predicted molar refractivity (Wildman–Crippen MR) is 99.3 cm³/mol. The Morgan fingerprint density at radius 2 is 1.84 bits per heavy atom. The highest BCUT2D eigenvalue weighted by Gasteiger charge is 2.25. The Morgan fingerprint density at radius 3 is 2.48 bits per heavy atom. The Balaban J connectivity index is 1.81. The van der Waals surface area contributed by atoms with Gasteiger partial charge in [0, 0.05) is 17.3 Å². The molecular formula is C18H22N2O3S2. The molecule has 25 heavy (non-hydrogen) atoms. The monoisotopic (exact) mass is 378 g/mol. The van der Waals surface area contributed by atoms with Gasteiger partial charge in [-0.2, -0.15) is 0 Å². The highest BCUT2D eigenvalue weighted by atomic mass is 32.2. The third-order valence-corrected chi connectivity index (χ3v) is 6.90. The van der Waals surface area contributed by atoms with Gasteiger partial charge in [0.15, 0.2) is 0 Å². The largest absolute Gasteiger partial charge is 0.335 e. The van der Waals surface area contributed by atoms with E-state index in [4.69, 9.17) is 5.14 Å². The zero-order valence-corrected chi connectivity index (χ0v) is 16.0. The van der Waals surface area contributed by atoms with E-state index < -0.39 is 10.0 Å². The van der Waals surface area contributed by atoms with Crippen molar-refractivity contribution in [1.29, 1.82) is 0 Å². The van der Waals surface area contributed by atoms with Gasteiger partial charge in [0.1, 0.15) is 0 Å². The fourth-order valence-corrected chi connectivity index (χ4v) is 4.83. The molecule has 2 N–H and O–H groups in total. The quantitative estimate of drug-likeness (QED) is 0.888. The van der Waals surface area contributed by atoms with Gasteiger partial charge < -0.3 is 4.90 Å². The van der Waals surface area contributed by atoms with E-state index in [0.717, 1.165) is 30.4 Å². The summed E-state index contributed by atoms with van der Waals surface area (Å²) < 4.78 is 22.7. The number of hydrogen-bond acceptors (Lipinski definition) is 4. The van der Waals surface area contributed by atoms with Crippen LogP contribution in [0.4, 0.5) is 0 Å². The van der Waals surface area contributed by atoms with E-state index in [9.17, 15) is 13.2 Å². The summed E-state index contributed by atoms with van der Waals surface area (Å²) in [5, 5.41) is 7.11. The summed E-state index contributed by atoms with van der Waals surface area (Å²) in [5.41, 5.74) is 2.90. The van der Waals surface area contributed by atoms with Crippen molar-refractivity contribution >= 4 is 27.3 Å². The molecule has 0 saturated carbocycles. The number of amides is 1. The molecule has 134 valence electrons. The number of fused-ring (bicyclic) bond motifs is 1. The number of hydrogen-bond donors (Lipinski definition) is 1. The lowest BCUT2D eigenvalue weighted by Crippen LogP contribution is -2.30. The number of rotatable bonds is 4. The molecule has 0 spiro atoms. The van der Waals surface area contributed by atoms with Crippen LogP contribution in [0.25, 0.3) is 0 Å². The highest BCUT2D eigenvalue weighted by Crippen LogP contribution is 2.32. The molecule has 0 unspecified atom stereocenters. The van der Waals surface area contributed by atoms with Gasteiger partial charge in [-0.25, -0.2) is 13.6 Å². The number of thiophene rings is 1. The second-order valence-corrected chi connectivity index (χ2v) is 8.99. The van der Waals surface area contributed by atoms with E-state index in [-0.39, 0.29) is 16.8 Å². The van der Waals surface area contributed by atoms with Gasteiger partial charge in [-0.3, -0.25) is 4.79 Å². The maximum Gasteiger partial charge on any atom is 0.255 e. The summed E-state index contributed by atoms with van der Waals surface area (Å²) >= 11 is 1.68. The zero-order valence-electron chi connectivity index (χ0n) is 14.4. The van der Waals surface area contributed by atoms with Crippen molar-refractivity contribution in [3.05, 3.63) is 51.2 Å². The van der Waals surface area contributed by atoms with Crippen molar-refractivity contribution in [3.63, 3.8) is 0 Å². The number of benzene rings is 1. The molecule has 1 aromatic heterocycles. The van der Waals surface area contributed by atoms with Crippen LogP contribution in [0.15, 0.2) is 34.5 Å². The Bertz CT molecular complexity index is 886. The Hall–Kier alpha value is -1.70. The van der Waals surface area contributed by atoms with Crippen molar-refractivity contribution in [2.24, 2.45) is 5.14 Å². The number of primary sulfonamides is 1. The molecule has 3 rings (SSSR count). The average Bonchev–Trinajstić information content (AvgIpc) is 3.03. The van der Waals surface area contributed by atoms with E-state index in [1.807, 2.05) is 12.3 Å². The van der Waals surface area contributed by atoms with Gasteiger partial charge in [0.05, 0.1) is 16.5 Å². The summed E-state index contributed by atoms with van der Waals surface area (Å²) in [6.07, 6.45) is 4.38. The van der Waals surface area contributed by atoms with Crippen LogP contribution in [0.5, 0.6) is 0 Å². The Labute approximate surface area is 152 Å². The first-order chi connectivity index (χ1) is 11.8. The predicted octanol–water partition coefficient (Wildman–Crippen LogP) is 3.11. The van der Waals surface area contributed by atoms with Crippen molar-refractivity contribution in [1.82, 2.24) is 4.90 Å². The smallest absolute Gasteiger partial charge is 0.255 e. The molecule has 2 aromatic rings. The van der Waals surface area contributed by atoms with Gasteiger partial charge in [0.25, 0.3) is 5.91 Å². The molecule has 0 bridgehead atoms. The van der Waals surface area contributed by atoms with Crippen molar-refractivity contribution in [3.8, 4) is 0 Å². The lowest BCUT2D eigenvalue weighted by atomic mass is 9.95. The first-order valence-corrected chi connectivity index (χ1v) is 10.7. The van der Waals surface area contributed by atoms with Crippen LogP contribution in [0, 0.1) is 0 Å². The lowest BCUT2D eigenvalue weighted by Gasteiger charge is -2.26. The molecule has 0 aliphatic heterocycles. The van der Waals surface area contributed by atoms with E-state index in [1.165, 1.54) is 29.0 Å². The molecule has 1 aliphatic rings. The number of carbonyl (C=O) groups is 1. The van der Waals surface area contributed by atoms with Crippen molar-refractivity contribution < 1.29 is 13.2 Å². The summed E-state index contributed by atoms with van der Waals surface area (Å²) in [6, 6.07) is 6.20. The van der Waals surface area contributed by atoms with E-state index in [2.05, 4.69) is 0 Å². The summed E-state index contributed by atoms with van der Waals surface area (Å²) in [4.78, 5) is 16.1. The summed E-state index contributed by atoms with van der Waals surface area (Å²) in [7, 11) is -1.92. The molecule has 1 amide bonds. The van der Waals surface area contributed by atoms with Gasteiger partial charge in [-0.1, -0.05) is 12.1 Å². The first-order valence-electron chi connectivity index (χ1n) is 8.28.